The number of aryl methyl sites for hydroxylation is 2. The van der Waals surface area contributed by atoms with E-state index in [1.807, 2.05) is 24.3 Å². The number of nitrogens with zero attached hydrogens (tertiary/aromatic N) is 2. The Balaban J connectivity index is 1.29. The van der Waals surface area contributed by atoms with Crippen molar-refractivity contribution in [3.63, 3.8) is 0 Å². The lowest BCUT2D eigenvalue weighted by Crippen LogP contribution is -2.06. The Morgan fingerprint density at radius 3 is 1.26 bits per heavy atom. The summed E-state index contributed by atoms with van der Waals surface area (Å²) >= 11 is 0. The molecule has 0 atom stereocenters. The van der Waals surface area contributed by atoms with Gasteiger partial charge in [0.25, 0.3) is 0 Å². The molecule has 2 aromatic rings. The van der Waals surface area contributed by atoms with Gasteiger partial charge in [0.05, 0.1) is 13.2 Å². The molecule has 0 saturated carbocycles. The third-order valence-corrected chi connectivity index (χ3v) is 5.76. The number of esters is 2. The van der Waals surface area contributed by atoms with E-state index in [9.17, 15) is 9.59 Å². The Morgan fingerprint density at radius 2 is 0.882 bits per heavy atom. The average Bonchev–Trinajstić information content (AvgIpc) is 2.87. The third-order valence-electron chi connectivity index (χ3n) is 5.76. The first kappa shape index (κ1) is 27.5. The molecule has 2 rings (SSSR count). The second kappa shape index (κ2) is 18.6. The summed E-state index contributed by atoms with van der Waals surface area (Å²) in [5, 5.41) is 0. The molecule has 0 amide bonds. The van der Waals surface area contributed by atoms with Crippen molar-refractivity contribution in [2.45, 2.75) is 89.9 Å². The highest BCUT2D eigenvalue weighted by Crippen LogP contribution is 2.12. The number of rotatable bonds is 19. The smallest absolute Gasteiger partial charge is 0.305 e. The lowest BCUT2D eigenvalue weighted by Gasteiger charge is -2.06. The molecular formula is C28H40N2O4. The minimum absolute atomic E-state index is 0.0843. The van der Waals surface area contributed by atoms with Gasteiger partial charge < -0.3 is 9.47 Å². The summed E-state index contributed by atoms with van der Waals surface area (Å²) in [6.07, 6.45) is 20.3. The van der Waals surface area contributed by atoms with Gasteiger partial charge in [-0.25, -0.2) is 0 Å². The van der Waals surface area contributed by atoms with Crippen molar-refractivity contribution in [3.8, 4) is 0 Å². The molecule has 0 aliphatic rings. The van der Waals surface area contributed by atoms with Crippen molar-refractivity contribution >= 4 is 11.9 Å². The summed E-state index contributed by atoms with van der Waals surface area (Å²) < 4.78 is 10.6. The number of carbonyl (C=O) groups excluding carboxylic acids is 2. The van der Waals surface area contributed by atoms with E-state index >= 15 is 0 Å². The minimum atomic E-state index is -0.0843. The van der Waals surface area contributed by atoms with Crippen LogP contribution in [0, 0.1) is 0 Å². The molecule has 0 unspecified atom stereocenters. The van der Waals surface area contributed by atoms with Crippen LogP contribution in [0.4, 0.5) is 0 Å². The predicted octanol–water partition coefficient (Wildman–Crippen LogP) is 6.03. The maximum atomic E-state index is 11.8. The second-order valence-corrected chi connectivity index (χ2v) is 8.69. The molecule has 2 heterocycles. The fourth-order valence-electron chi connectivity index (χ4n) is 3.77. The second-order valence-electron chi connectivity index (χ2n) is 8.69. The van der Waals surface area contributed by atoms with E-state index in [0.29, 0.717) is 26.1 Å². The summed E-state index contributed by atoms with van der Waals surface area (Å²) in [5.74, 6) is -0.169. The van der Waals surface area contributed by atoms with E-state index in [4.69, 9.17) is 9.47 Å². The SMILES string of the molecule is O=C(CCCCCCCCCCC(=O)OCCCc1ccncc1)OCCCc1ccncc1. The minimum Gasteiger partial charge on any atom is -0.466 e. The Hall–Kier alpha value is -2.76. The Kier molecular flexibility index (Phi) is 15.1. The lowest BCUT2D eigenvalue weighted by molar-refractivity contribution is -0.144. The molecule has 0 fully saturated rings. The van der Waals surface area contributed by atoms with Crippen molar-refractivity contribution in [2.24, 2.45) is 0 Å². The molecule has 2 aromatic heterocycles. The summed E-state index contributed by atoms with van der Waals surface area (Å²) in [6, 6.07) is 7.96. The molecule has 0 spiro atoms. The standard InChI is InChI=1S/C28H40N2O4/c31-27(33-23-9-11-25-15-19-29-20-16-25)13-7-5-3-1-2-4-6-8-14-28(32)34-24-10-12-26-17-21-30-22-18-26/h15-22H,1-14,23-24H2. The normalized spacial score (nSPS) is 10.7. The van der Waals surface area contributed by atoms with Crippen LogP contribution in [-0.2, 0) is 31.9 Å². The van der Waals surface area contributed by atoms with Gasteiger partial charge in [-0.05, 0) is 73.9 Å². The van der Waals surface area contributed by atoms with E-state index in [0.717, 1.165) is 64.2 Å². The molecule has 0 saturated heterocycles. The maximum absolute atomic E-state index is 11.8. The average molecular weight is 469 g/mol. The highest BCUT2D eigenvalue weighted by molar-refractivity contribution is 5.69. The van der Waals surface area contributed by atoms with E-state index < -0.39 is 0 Å². The number of aromatic nitrogens is 2. The molecule has 6 nitrogen and oxygen atoms in total. The molecule has 186 valence electrons. The van der Waals surface area contributed by atoms with Crippen LogP contribution in [0.5, 0.6) is 0 Å². The van der Waals surface area contributed by atoms with Crippen molar-refractivity contribution in [1.29, 1.82) is 0 Å². The van der Waals surface area contributed by atoms with Crippen molar-refractivity contribution in [1.82, 2.24) is 9.97 Å². The Morgan fingerprint density at radius 1 is 0.529 bits per heavy atom. The topological polar surface area (TPSA) is 78.4 Å². The maximum Gasteiger partial charge on any atom is 0.305 e. The zero-order valence-corrected chi connectivity index (χ0v) is 20.5. The van der Waals surface area contributed by atoms with Crippen LogP contribution in [0.25, 0.3) is 0 Å². The quantitative estimate of drug-likeness (QED) is 0.185. The molecule has 6 heteroatoms. The summed E-state index contributed by atoms with van der Waals surface area (Å²) in [7, 11) is 0. The van der Waals surface area contributed by atoms with Gasteiger partial charge in [0.1, 0.15) is 0 Å². The third kappa shape index (κ3) is 14.4. The molecular weight excluding hydrogens is 428 g/mol. The molecule has 0 N–H and O–H groups in total. The summed E-state index contributed by atoms with van der Waals surface area (Å²) in [4.78, 5) is 31.6. The van der Waals surface area contributed by atoms with E-state index in [1.165, 1.54) is 24.0 Å². The van der Waals surface area contributed by atoms with Gasteiger partial charge in [-0.15, -0.1) is 0 Å². The highest BCUT2D eigenvalue weighted by Gasteiger charge is 2.04. The molecule has 0 bridgehead atoms. The fourth-order valence-corrected chi connectivity index (χ4v) is 3.77. The van der Waals surface area contributed by atoms with Crippen LogP contribution in [0.2, 0.25) is 0 Å². The van der Waals surface area contributed by atoms with Gasteiger partial charge in [0, 0.05) is 37.6 Å². The summed E-state index contributed by atoms with van der Waals surface area (Å²) in [5.41, 5.74) is 2.44. The highest BCUT2D eigenvalue weighted by atomic mass is 16.5. The predicted molar refractivity (Wildman–Crippen MR) is 133 cm³/mol. The monoisotopic (exact) mass is 468 g/mol. The zero-order chi connectivity index (χ0) is 24.1. The molecule has 0 radical (unpaired) electrons. The van der Waals surface area contributed by atoms with Crippen LogP contribution in [-0.4, -0.2) is 35.1 Å². The number of pyridine rings is 2. The number of hydrogen-bond donors (Lipinski definition) is 0. The lowest BCUT2D eigenvalue weighted by atomic mass is 10.1. The first-order valence-electron chi connectivity index (χ1n) is 12.8. The van der Waals surface area contributed by atoms with Crippen LogP contribution < -0.4 is 0 Å². The van der Waals surface area contributed by atoms with Gasteiger partial charge in [-0.3, -0.25) is 19.6 Å². The van der Waals surface area contributed by atoms with Crippen molar-refractivity contribution in [2.75, 3.05) is 13.2 Å². The van der Waals surface area contributed by atoms with Crippen LogP contribution >= 0.6 is 0 Å². The fraction of sp³-hybridized carbons (Fsp3) is 0.571. The molecule has 0 aliphatic heterocycles. The van der Waals surface area contributed by atoms with Gasteiger partial charge in [0.2, 0.25) is 0 Å². The molecule has 0 aliphatic carbocycles. The van der Waals surface area contributed by atoms with Crippen LogP contribution in [0.3, 0.4) is 0 Å². The van der Waals surface area contributed by atoms with E-state index in [2.05, 4.69) is 9.97 Å². The summed E-state index contributed by atoms with van der Waals surface area (Å²) in [6.45, 7) is 0.973. The number of ether oxygens (including phenoxy) is 2. The first-order valence-corrected chi connectivity index (χ1v) is 12.8. The van der Waals surface area contributed by atoms with Crippen molar-refractivity contribution in [3.05, 3.63) is 60.2 Å². The van der Waals surface area contributed by atoms with Crippen LogP contribution in [0.15, 0.2) is 49.1 Å². The first-order chi connectivity index (χ1) is 16.7. The van der Waals surface area contributed by atoms with Crippen LogP contribution in [0.1, 0.15) is 88.2 Å². The Bertz CT molecular complexity index is 716. The van der Waals surface area contributed by atoms with Gasteiger partial charge >= 0.3 is 11.9 Å². The van der Waals surface area contributed by atoms with Crippen molar-refractivity contribution < 1.29 is 19.1 Å². The van der Waals surface area contributed by atoms with E-state index in [-0.39, 0.29) is 11.9 Å². The van der Waals surface area contributed by atoms with E-state index in [1.54, 1.807) is 24.8 Å². The largest absolute Gasteiger partial charge is 0.466 e. The van der Waals surface area contributed by atoms with Gasteiger partial charge in [-0.1, -0.05) is 38.5 Å². The zero-order valence-electron chi connectivity index (χ0n) is 20.5. The molecule has 0 aromatic carbocycles. The van der Waals surface area contributed by atoms with Gasteiger partial charge in [0.15, 0.2) is 0 Å². The van der Waals surface area contributed by atoms with Gasteiger partial charge in [-0.2, -0.15) is 0 Å². The molecule has 34 heavy (non-hydrogen) atoms. The Labute approximate surface area is 204 Å². The number of unbranched alkanes of at least 4 members (excludes halogenated alkanes) is 7. The number of hydrogen-bond acceptors (Lipinski definition) is 6. The number of carbonyl (C=O) groups is 2.